The number of Topliss-reactive ketones (excluding diaryl/α,β-unsaturated/α-hetero) is 1. The molecule has 0 unspecified atom stereocenters. The lowest BCUT2D eigenvalue weighted by molar-refractivity contribution is 0.0967. The number of hydrogen-bond donors (Lipinski definition) is 0. The lowest BCUT2D eigenvalue weighted by Gasteiger charge is -2.10. The van der Waals surface area contributed by atoms with Crippen molar-refractivity contribution < 1.29 is 4.79 Å². The van der Waals surface area contributed by atoms with Gasteiger partial charge in [-0.05, 0) is 50.5 Å². The molecular weight excluding hydrogens is 298 g/mol. The molecule has 0 atom stereocenters. The van der Waals surface area contributed by atoms with Crippen LogP contribution in [0.25, 0.3) is 11.4 Å². The molecule has 2 aromatic carbocycles. The van der Waals surface area contributed by atoms with E-state index >= 15 is 0 Å². The Labute approximate surface area is 142 Å². The second-order valence-corrected chi connectivity index (χ2v) is 6.18. The second kappa shape index (κ2) is 6.40. The maximum absolute atomic E-state index is 12.8. The minimum atomic E-state index is 0.0534. The van der Waals surface area contributed by atoms with Crippen molar-refractivity contribution in [2.45, 2.75) is 34.2 Å². The van der Waals surface area contributed by atoms with E-state index in [0.717, 1.165) is 28.1 Å². The van der Waals surface area contributed by atoms with E-state index in [2.05, 4.69) is 23.1 Å². The van der Waals surface area contributed by atoms with Crippen LogP contribution in [0.5, 0.6) is 0 Å². The van der Waals surface area contributed by atoms with Crippen molar-refractivity contribution in [3.05, 3.63) is 70.5 Å². The smallest absolute Gasteiger partial charge is 0.184 e. The van der Waals surface area contributed by atoms with Gasteiger partial charge in [0, 0.05) is 11.1 Å². The number of carbonyl (C=O) groups excluding carboxylic acids is 1. The first kappa shape index (κ1) is 16.1. The normalized spacial score (nSPS) is 10.8. The molecule has 0 saturated heterocycles. The Hall–Kier alpha value is -2.75. The van der Waals surface area contributed by atoms with Gasteiger partial charge >= 0.3 is 0 Å². The monoisotopic (exact) mass is 319 g/mol. The van der Waals surface area contributed by atoms with Gasteiger partial charge in [-0.3, -0.25) is 4.79 Å². The molecule has 3 aromatic rings. The minimum Gasteiger partial charge on any atom is -0.292 e. The van der Waals surface area contributed by atoms with E-state index in [9.17, 15) is 4.79 Å². The summed E-state index contributed by atoms with van der Waals surface area (Å²) < 4.78 is 1.70. The van der Waals surface area contributed by atoms with E-state index in [1.54, 1.807) is 4.68 Å². The third kappa shape index (κ3) is 3.13. The van der Waals surface area contributed by atoms with Gasteiger partial charge in [-0.2, -0.15) is 5.10 Å². The second-order valence-electron chi connectivity index (χ2n) is 6.18. The summed E-state index contributed by atoms with van der Waals surface area (Å²) >= 11 is 0. The average molecular weight is 319 g/mol. The Morgan fingerprint density at radius 3 is 2.33 bits per heavy atom. The molecule has 0 saturated carbocycles. The molecule has 0 aliphatic carbocycles. The predicted octanol–water partition coefficient (Wildman–Crippen LogP) is 4.06. The summed E-state index contributed by atoms with van der Waals surface area (Å²) in [5.74, 6) is 1.44. The van der Waals surface area contributed by atoms with Gasteiger partial charge in [0.1, 0.15) is 12.4 Å². The Bertz CT molecular complexity index is 895. The topological polar surface area (TPSA) is 47.8 Å². The van der Waals surface area contributed by atoms with E-state index in [1.165, 1.54) is 5.56 Å². The third-order valence-corrected chi connectivity index (χ3v) is 4.24. The first-order chi connectivity index (χ1) is 11.5. The van der Waals surface area contributed by atoms with Crippen LogP contribution in [0.1, 0.15) is 32.9 Å². The molecule has 0 aliphatic rings. The minimum absolute atomic E-state index is 0.0534. The van der Waals surface area contributed by atoms with Crippen LogP contribution in [-0.2, 0) is 6.54 Å². The van der Waals surface area contributed by atoms with Gasteiger partial charge < -0.3 is 0 Å². The number of ketones is 1. The molecule has 3 rings (SSSR count). The zero-order valence-corrected chi connectivity index (χ0v) is 14.5. The molecule has 0 spiro atoms. The third-order valence-electron chi connectivity index (χ3n) is 4.24. The van der Waals surface area contributed by atoms with Crippen LogP contribution < -0.4 is 0 Å². The highest BCUT2D eigenvalue weighted by Crippen LogP contribution is 2.20. The van der Waals surface area contributed by atoms with Crippen LogP contribution in [-0.4, -0.2) is 20.5 Å². The SMILES string of the molecule is Cc1nc(-c2ccccc2)n(CC(=O)c2cc(C)c(C)cc2C)n1. The van der Waals surface area contributed by atoms with E-state index in [0.29, 0.717) is 5.82 Å². The van der Waals surface area contributed by atoms with Gasteiger partial charge in [-0.1, -0.05) is 36.4 Å². The van der Waals surface area contributed by atoms with Crippen LogP contribution in [0.4, 0.5) is 0 Å². The van der Waals surface area contributed by atoms with Gasteiger partial charge in [0.05, 0.1) is 0 Å². The standard InChI is InChI=1S/C20H21N3O/c1-13-10-15(3)18(11-14(13)2)19(24)12-23-20(21-16(4)22-23)17-8-6-5-7-9-17/h5-11H,12H2,1-4H3. The van der Waals surface area contributed by atoms with Gasteiger partial charge in [-0.25, -0.2) is 9.67 Å². The highest BCUT2D eigenvalue weighted by atomic mass is 16.1. The van der Waals surface area contributed by atoms with Gasteiger partial charge in [-0.15, -0.1) is 0 Å². The van der Waals surface area contributed by atoms with Gasteiger partial charge in [0.15, 0.2) is 11.6 Å². The highest BCUT2D eigenvalue weighted by Gasteiger charge is 2.16. The molecular formula is C20H21N3O. The van der Waals surface area contributed by atoms with Crippen molar-refractivity contribution in [2.75, 3.05) is 0 Å². The lowest BCUT2D eigenvalue weighted by atomic mass is 9.98. The number of benzene rings is 2. The lowest BCUT2D eigenvalue weighted by Crippen LogP contribution is -2.14. The summed E-state index contributed by atoms with van der Waals surface area (Å²) in [7, 11) is 0. The molecule has 4 heteroatoms. The van der Waals surface area contributed by atoms with E-state index in [1.807, 2.05) is 57.2 Å². The van der Waals surface area contributed by atoms with E-state index in [-0.39, 0.29) is 12.3 Å². The quantitative estimate of drug-likeness (QED) is 0.681. The van der Waals surface area contributed by atoms with Crippen LogP contribution in [0.2, 0.25) is 0 Å². The summed E-state index contributed by atoms with van der Waals surface area (Å²) in [5.41, 5.74) is 5.04. The van der Waals surface area contributed by atoms with Crippen molar-refractivity contribution in [2.24, 2.45) is 0 Å². The fourth-order valence-electron chi connectivity index (χ4n) is 2.85. The van der Waals surface area contributed by atoms with Crippen LogP contribution >= 0.6 is 0 Å². The van der Waals surface area contributed by atoms with Crippen LogP contribution in [0.15, 0.2) is 42.5 Å². The average Bonchev–Trinajstić information content (AvgIpc) is 2.92. The zero-order valence-electron chi connectivity index (χ0n) is 14.5. The molecule has 4 nitrogen and oxygen atoms in total. The first-order valence-corrected chi connectivity index (χ1v) is 8.03. The van der Waals surface area contributed by atoms with Crippen LogP contribution in [0, 0.1) is 27.7 Å². The molecule has 0 radical (unpaired) electrons. The molecule has 24 heavy (non-hydrogen) atoms. The van der Waals surface area contributed by atoms with Crippen molar-refractivity contribution in [3.8, 4) is 11.4 Å². The number of aromatic nitrogens is 3. The summed E-state index contributed by atoms with van der Waals surface area (Å²) in [6.07, 6.45) is 0. The Morgan fingerprint density at radius 2 is 1.62 bits per heavy atom. The maximum Gasteiger partial charge on any atom is 0.184 e. The molecule has 0 aliphatic heterocycles. The predicted molar refractivity (Wildman–Crippen MR) is 95.2 cm³/mol. The first-order valence-electron chi connectivity index (χ1n) is 8.03. The molecule has 0 N–H and O–H groups in total. The number of hydrogen-bond acceptors (Lipinski definition) is 3. The van der Waals surface area contributed by atoms with E-state index < -0.39 is 0 Å². The molecule has 0 amide bonds. The Kier molecular flexibility index (Phi) is 4.30. The van der Waals surface area contributed by atoms with Crippen molar-refractivity contribution in [1.29, 1.82) is 0 Å². The van der Waals surface area contributed by atoms with Crippen molar-refractivity contribution in [1.82, 2.24) is 14.8 Å². The summed E-state index contributed by atoms with van der Waals surface area (Å²) in [5, 5.41) is 4.41. The number of nitrogens with zero attached hydrogens (tertiary/aromatic N) is 3. The zero-order chi connectivity index (χ0) is 17.3. The fourth-order valence-corrected chi connectivity index (χ4v) is 2.85. The Morgan fingerprint density at radius 1 is 0.958 bits per heavy atom. The number of aryl methyl sites for hydroxylation is 4. The number of rotatable bonds is 4. The molecule has 1 aromatic heterocycles. The Balaban J connectivity index is 1.95. The molecule has 1 heterocycles. The molecule has 0 fully saturated rings. The molecule has 122 valence electrons. The summed E-state index contributed by atoms with van der Waals surface area (Å²) in [4.78, 5) is 17.3. The fraction of sp³-hybridized carbons (Fsp3) is 0.250. The summed E-state index contributed by atoms with van der Waals surface area (Å²) in [6.45, 7) is 8.10. The maximum atomic E-state index is 12.8. The highest BCUT2D eigenvalue weighted by molar-refractivity contribution is 5.97. The largest absolute Gasteiger partial charge is 0.292 e. The van der Waals surface area contributed by atoms with Gasteiger partial charge in [0.25, 0.3) is 0 Å². The molecule has 0 bridgehead atoms. The summed E-state index contributed by atoms with van der Waals surface area (Å²) in [6, 6.07) is 13.9. The van der Waals surface area contributed by atoms with E-state index in [4.69, 9.17) is 0 Å². The van der Waals surface area contributed by atoms with Crippen LogP contribution in [0.3, 0.4) is 0 Å². The van der Waals surface area contributed by atoms with Gasteiger partial charge in [0.2, 0.25) is 0 Å². The van der Waals surface area contributed by atoms with Crippen molar-refractivity contribution in [3.63, 3.8) is 0 Å². The number of carbonyl (C=O) groups is 1. The van der Waals surface area contributed by atoms with Crippen molar-refractivity contribution >= 4 is 5.78 Å².